The summed E-state index contributed by atoms with van der Waals surface area (Å²) >= 11 is 0. The van der Waals surface area contributed by atoms with Crippen molar-refractivity contribution in [2.75, 3.05) is 0 Å². The predicted molar refractivity (Wildman–Crippen MR) is 178 cm³/mol. The molecule has 0 aliphatic heterocycles. The molecule has 6 aromatic carbocycles. The van der Waals surface area contributed by atoms with Crippen LogP contribution in [0.1, 0.15) is 38.2 Å². The number of fused-ring (bicyclic) bond motifs is 2. The van der Waals surface area contributed by atoms with Crippen LogP contribution in [0.2, 0.25) is 0 Å². The maximum absolute atomic E-state index is 14.1. The number of hydrogen-bond acceptors (Lipinski definition) is 4. The minimum Gasteiger partial charge on any atom is -0.289 e. The molecule has 45 heavy (non-hydrogen) atoms. The van der Waals surface area contributed by atoms with Crippen molar-refractivity contribution < 1.29 is 4.79 Å². The zero-order chi connectivity index (χ0) is 30.2. The molecule has 4 nitrogen and oxygen atoms in total. The van der Waals surface area contributed by atoms with Gasteiger partial charge in [0.2, 0.25) is 0 Å². The average molecular weight is 578 g/mol. The number of aromatic nitrogens is 3. The normalized spacial score (nSPS) is 13.1. The predicted octanol–water partition coefficient (Wildman–Crippen LogP) is 8.80. The van der Waals surface area contributed by atoms with Crippen molar-refractivity contribution in [3.8, 4) is 34.2 Å². The van der Waals surface area contributed by atoms with E-state index >= 15 is 0 Å². The lowest BCUT2D eigenvalue weighted by Gasteiger charge is -2.41. The molecule has 1 aromatic heterocycles. The molecule has 1 heterocycles. The first kappa shape index (κ1) is 26.6. The third-order valence-corrected chi connectivity index (χ3v) is 8.62. The molecule has 212 valence electrons. The van der Waals surface area contributed by atoms with Crippen molar-refractivity contribution in [2.24, 2.45) is 0 Å². The summed E-state index contributed by atoms with van der Waals surface area (Å²) in [5.41, 5.74) is 7.30. The van der Waals surface area contributed by atoms with Gasteiger partial charge >= 0.3 is 0 Å². The highest BCUT2D eigenvalue weighted by Crippen LogP contribution is 2.51. The Hall–Kier alpha value is -6.00. The van der Waals surface area contributed by atoms with Crippen molar-refractivity contribution in [2.45, 2.75) is 5.41 Å². The van der Waals surface area contributed by atoms with Gasteiger partial charge in [-0.2, -0.15) is 0 Å². The number of nitrogens with zero attached hydrogens (tertiary/aromatic N) is 3. The first-order valence-electron chi connectivity index (χ1n) is 15.0. The molecule has 0 saturated carbocycles. The van der Waals surface area contributed by atoms with Crippen LogP contribution in [0.5, 0.6) is 0 Å². The highest BCUT2D eigenvalue weighted by Gasteiger charge is 2.46. The van der Waals surface area contributed by atoms with E-state index in [-0.39, 0.29) is 5.78 Å². The van der Waals surface area contributed by atoms with Crippen molar-refractivity contribution in [1.82, 2.24) is 15.0 Å². The number of benzene rings is 6. The number of rotatable bonds is 5. The van der Waals surface area contributed by atoms with Gasteiger partial charge in [-0.15, -0.1) is 0 Å². The largest absolute Gasteiger partial charge is 0.289 e. The van der Waals surface area contributed by atoms with Crippen molar-refractivity contribution in [3.63, 3.8) is 0 Å². The topological polar surface area (TPSA) is 55.7 Å². The summed E-state index contributed by atoms with van der Waals surface area (Å²) in [6, 6.07) is 54.8. The Labute approximate surface area is 261 Å². The lowest BCUT2D eigenvalue weighted by atomic mass is 9.59. The molecule has 7 aromatic rings. The third kappa shape index (κ3) is 4.38. The molecule has 0 N–H and O–H groups in total. The fourth-order valence-electron chi connectivity index (χ4n) is 6.59. The molecule has 1 aliphatic carbocycles. The van der Waals surface area contributed by atoms with Crippen LogP contribution in [0.25, 0.3) is 34.2 Å². The Morgan fingerprint density at radius 1 is 0.378 bits per heavy atom. The molecule has 1 aliphatic rings. The standard InChI is InChI=1S/C41H27N3O/c45-37-33-23-13-14-24-35(33)41(31-19-9-3-10-20-31,32-21-11-4-12-22-32)36-27-30(25-26-34(36)37)40-43-38(28-15-5-1-6-16-28)42-39(44-40)29-17-7-2-8-18-29/h1-27H. The first-order valence-corrected chi connectivity index (χ1v) is 15.0. The molecular weight excluding hydrogens is 550 g/mol. The molecule has 0 fully saturated rings. The Morgan fingerprint density at radius 3 is 1.33 bits per heavy atom. The Bertz CT molecular complexity index is 2070. The zero-order valence-electron chi connectivity index (χ0n) is 24.3. The second kappa shape index (κ2) is 10.9. The van der Waals surface area contributed by atoms with Gasteiger partial charge in [-0.25, -0.2) is 15.0 Å². The van der Waals surface area contributed by atoms with E-state index in [2.05, 4.69) is 60.7 Å². The lowest BCUT2D eigenvalue weighted by Crippen LogP contribution is -2.38. The van der Waals surface area contributed by atoms with E-state index in [4.69, 9.17) is 15.0 Å². The Balaban J connectivity index is 1.43. The molecule has 0 amide bonds. The van der Waals surface area contributed by atoms with Gasteiger partial charge in [0.1, 0.15) is 0 Å². The summed E-state index contributed by atoms with van der Waals surface area (Å²) in [5, 5.41) is 0. The van der Waals surface area contributed by atoms with E-state index in [1.165, 1.54) is 0 Å². The van der Waals surface area contributed by atoms with Crippen LogP contribution >= 0.6 is 0 Å². The van der Waals surface area contributed by atoms with Gasteiger partial charge in [-0.3, -0.25) is 4.79 Å². The van der Waals surface area contributed by atoms with Crippen LogP contribution in [0.4, 0.5) is 0 Å². The molecule has 0 bridgehead atoms. The number of ketones is 1. The van der Waals surface area contributed by atoms with E-state index in [1.807, 2.05) is 103 Å². The number of carbonyl (C=O) groups excluding carboxylic acids is 1. The van der Waals surface area contributed by atoms with Crippen molar-refractivity contribution >= 4 is 5.78 Å². The molecule has 8 rings (SSSR count). The van der Waals surface area contributed by atoms with Crippen LogP contribution in [-0.2, 0) is 5.41 Å². The summed E-state index contributed by atoms with van der Waals surface area (Å²) in [6.45, 7) is 0. The Morgan fingerprint density at radius 2 is 0.800 bits per heavy atom. The molecule has 0 spiro atoms. The average Bonchev–Trinajstić information content (AvgIpc) is 3.13. The van der Waals surface area contributed by atoms with E-state index in [0.29, 0.717) is 28.6 Å². The fourth-order valence-corrected chi connectivity index (χ4v) is 6.59. The smallest absolute Gasteiger partial charge is 0.193 e. The second-order valence-electron chi connectivity index (χ2n) is 11.2. The highest BCUT2D eigenvalue weighted by molar-refractivity contribution is 6.14. The molecule has 4 heteroatoms. The molecule has 0 unspecified atom stereocenters. The van der Waals surface area contributed by atoms with Crippen molar-refractivity contribution in [3.05, 3.63) is 197 Å². The molecule has 0 saturated heterocycles. The van der Waals surface area contributed by atoms with Gasteiger partial charge in [0.05, 0.1) is 5.41 Å². The van der Waals surface area contributed by atoms with E-state index < -0.39 is 5.41 Å². The van der Waals surface area contributed by atoms with Crippen molar-refractivity contribution in [1.29, 1.82) is 0 Å². The van der Waals surface area contributed by atoms with Crippen LogP contribution in [0, 0.1) is 0 Å². The molecule has 0 atom stereocenters. The minimum atomic E-state index is -0.740. The van der Waals surface area contributed by atoms with E-state index in [0.717, 1.165) is 38.9 Å². The van der Waals surface area contributed by atoms with Gasteiger partial charge in [0, 0.05) is 27.8 Å². The maximum Gasteiger partial charge on any atom is 0.193 e. The lowest BCUT2D eigenvalue weighted by molar-refractivity contribution is 0.103. The summed E-state index contributed by atoms with van der Waals surface area (Å²) in [4.78, 5) is 29.0. The van der Waals surface area contributed by atoms with Crippen LogP contribution in [-0.4, -0.2) is 20.7 Å². The number of carbonyl (C=O) groups is 1. The van der Waals surface area contributed by atoms with Crippen LogP contribution in [0.15, 0.2) is 164 Å². The summed E-state index contributed by atoms with van der Waals surface area (Å²) < 4.78 is 0. The van der Waals surface area contributed by atoms with Gasteiger partial charge < -0.3 is 0 Å². The quantitative estimate of drug-likeness (QED) is 0.205. The van der Waals surface area contributed by atoms with Gasteiger partial charge in [0.25, 0.3) is 0 Å². The van der Waals surface area contributed by atoms with Gasteiger partial charge in [-0.05, 0) is 34.4 Å². The van der Waals surface area contributed by atoms with E-state index in [9.17, 15) is 4.79 Å². The summed E-state index contributed by atoms with van der Waals surface area (Å²) in [6.07, 6.45) is 0. The summed E-state index contributed by atoms with van der Waals surface area (Å²) in [5.74, 6) is 1.75. The second-order valence-corrected chi connectivity index (χ2v) is 11.2. The molecular formula is C41H27N3O. The van der Waals surface area contributed by atoms with E-state index in [1.54, 1.807) is 0 Å². The van der Waals surface area contributed by atoms with Crippen LogP contribution in [0.3, 0.4) is 0 Å². The Kier molecular flexibility index (Phi) is 6.46. The molecule has 0 radical (unpaired) electrons. The summed E-state index contributed by atoms with van der Waals surface area (Å²) in [7, 11) is 0. The number of hydrogen-bond donors (Lipinski definition) is 0. The monoisotopic (exact) mass is 577 g/mol. The minimum absolute atomic E-state index is 0.0141. The SMILES string of the molecule is O=C1c2ccccc2C(c2ccccc2)(c2ccccc2)c2cc(-c3nc(-c4ccccc4)nc(-c4ccccc4)n3)ccc21. The maximum atomic E-state index is 14.1. The fraction of sp³-hybridized carbons (Fsp3) is 0.0244. The zero-order valence-corrected chi connectivity index (χ0v) is 24.3. The highest BCUT2D eigenvalue weighted by atomic mass is 16.1. The third-order valence-electron chi connectivity index (χ3n) is 8.62. The van der Waals surface area contributed by atoms with Gasteiger partial charge in [-0.1, -0.05) is 152 Å². The van der Waals surface area contributed by atoms with Gasteiger partial charge in [0.15, 0.2) is 23.3 Å². The van der Waals surface area contributed by atoms with Crippen LogP contribution < -0.4 is 0 Å². The first-order chi connectivity index (χ1) is 22.2.